The van der Waals surface area contributed by atoms with Crippen LogP contribution in [-0.4, -0.2) is 38.4 Å². The lowest BCUT2D eigenvalue weighted by Gasteiger charge is -2.16. The van der Waals surface area contributed by atoms with E-state index in [1.54, 1.807) is 30.8 Å². The zero-order valence-corrected chi connectivity index (χ0v) is 18.6. The molecule has 32 heavy (non-hydrogen) atoms. The van der Waals surface area contributed by atoms with Gasteiger partial charge in [-0.1, -0.05) is 17.3 Å². The third-order valence-electron chi connectivity index (χ3n) is 5.22. The van der Waals surface area contributed by atoms with E-state index in [0.717, 1.165) is 18.4 Å². The highest BCUT2D eigenvalue weighted by Crippen LogP contribution is 2.45. The van der Waals surface area contributed by atoms with Crippen LogP contribution in [0.15, 0.2) is 42.5 Å². The SMILES string of the molecule is COc1ccc(F)c(-n2nnc(COc3cccc(C(CC(=O)O)SC4CC4)c3)c2C)c1. The highest BCUT2D eigenvalue weighted by Gasteiger charge is 2.28. The van der Waals surface area contributed by atoms with Crippen molar-refractivity contribution in [3.8, 4) is 17.2 Å². The van der Waals surface area contributed by atoms with E-state index >= 15 is 0 Å². The summed E-state index contributed by atoms with van der Waals surface area (Å²) in [6.07, 6.45) is 2.35. The number of thioether (sulfide) groups is 1. The number of carboxylic acid groups (broad SMARTS) is 1. The minimum Gasteiger partial charge on any atom is -0.497 e. The van der Waals surface area contributed by atoms with Crippen LogP contribution in [-0.2, 0) is 11.4 Å². The molecule has 1 N–H and O–H groups in total. The van der Waals surface area contributed by atoms with E-state index in [2.05, 4.69) is 10.3 Å². The molecule has 7 nitrogen and oxygen atoms in total. The molecule has 0 radical (unpaired) electrons. The Morgan fingerprint density at radius 3 is 2.81 bits per heavy atom. The number of rotatable bonds is 10. The third kappa shape index (κ3) is 5.21. The Bertz CT molecular complexity index is 1120. The minimum absolute atomic E-state index is 0.0736. The number of halogens is 1. The molecular formula is C23H24FN3O4S. The number of aromatic nitrogens is 3. The fraction of sp³-hybridized carbons (Fsp3) is 0.348. The molecule has 1 aliphatic rings. The van der Waals surface area contributed by atoms with Crippen LogP contribution >= 0.6 is 11.8 Å². The summed E-state index contributed by atoms with van der Waals surface area (Å²) in [4.78, 5) is 11.3. The van der Waals surface area contributed by atoms with Crippen molar-refractivity contribution in [3.05, 3.63) is 65.2 Å². The molecule has 168 valence electrons. The molecular weight excluding hydrogens is 433 g/mol. The quantitative estimate of drug-likeness (QED) is 0.472. The van der Waals surface area contributed by atoms with E-state index in [-0.39, 0.29) is 24.0 Å². The van der Waals surface area contributed by atoms with Crippen LogP contribution in [0.2, 0.25) is 0 Å². The fourth-order valence-corrected chi connectivity index (χ4v) is 4.72. The fourth-order valence-electron chi connectivity index (χ4n) is 3.30. The maximum Gasteiger partial charge on any atom is 0.304 e. The second-order valence-electron chi connectivity index (χ2n) is 7.63. The van der Waals surface area contributed by atoms with E-state index in [9.17, 15) is 14.3 Å². The molecule has 0 amide bonds. The summed E-state index contributed by atoms with van der Waals surface area (Å²) in [5, 5.41) is 17.9. The number of carbonyl (C=O) groups is 1. The lowest BCUT2D eigenvalue weighted by Crippen LogP contribution is -2.05. The highest BCUT2D eigenvalue weighted by molar-refractivity contribution is 8.00. The first-order valence-corrected chi connectivity index (χ1v) is 11.2. The van der Waals surface area contributed by atoms with Crippen molar-refractivity contribution >= 4 is 17.7 Å². The molecule has 1 fully saturated rings. The molecule has 1 aromatic heterocycles. The Balaban J connectivity index is 1.49. The van der Waals surface area contributed by atoms with E-state index in [1.165, 1.54) is 17.9 Å². The predicted molar refractivity (Wildman–Crippen MR) is 119 cm³/mol. The van der Waals surface area contributed by atoms with E-state index in [4.69, 9.17) is 9.47 Å². The molecule has 9 heteroatoms. The van der Waals surface area contributed by atoms with Crippen molar-refractivity contribution in [1.82, 2.24) is 15.0 Å². The van der Waals surface area contributed by atoms with Crippen molar-refractivity contribution < 1.29 is 23.8 Å². The Kier molecular flexibility index (Phi) is 6.64. The first-order chi connectivity index (χ1) is 15.4. The number of carboxylic acids is 1. The van der Waals surface area contributed by atoms with Crippen LogP contribution in [0.25, 0.3) is 5.69 Å². The summed E-state index contributed by atoms with van der Waals surface area (Å²) < 4.78 is 26.8. The smallest absolute Gasteiger partial charge is 0.304 e. The largest absolute Gasteiger partial charge is 0.497 e. The van der Waals surface area contributed by atoms with Gasteiger partial charge in [0, 0.05) is 16.6 Å². The summed E-state index contributed by atoms with van der Waals surface area (Å²) in [6, 6.07) is 11.9. The van der Waals surface area contributed by atoms with Crippen LogP contribution in [0.3, 0.4) is 0 Å². The molecule has 0 saturated heterocycles. The summed E-state index contributed by atoms with van der Waals surface area (Å²) in [6.45, 7) is 1.95. The van der Waals surface area contributed by atoms with Gasteiger partial charge in [0.1, 0.15) is 35.3 Å². The number of aliphatic carboxylic acids is 1. The van der Waals surface area contributed by atoms with Gasteiger partial charge in [0.15, 0.2) is 0 Å². The topological polar surface area (TPSA) is 86.5 Å². The molecule has 1 unspecified atom stereocenters. The maximum atomic E-state index is 14.3. The monoisotopic (exact) mass is 457 g/mol. The predicted octanol–water partition coefficient (Wildman–Crippen LogP) is 4.71. The number of benzene rings is 2. The number of ether oxygens (including phenoxy) is 2. The molecule has 0 aliphatic heterocycles. The van der Waals surface area contributed by atoms with Crippen molar-refractivity contribution in [2.45, 2.75) is 43.3 Å². The van der Waals surface area contributed by atoms with E-state index in [1.807, 2.05) is 24.3 Å². The van der Waals surface area contributed by atoms with Crippen molar-refractivity contribution in [2.75, 3.05) is 7.11 Å². The molecule has 1 atom stereocenters. The van der Waals surface area contributed by atoms with Gasteiger partial charge in [-0.3, -0.25) is 4.79 Å². The van der Waals surface area contributed by atoms with Crippen molar-refractivity contribution in [1.29, 1.82) is 0 Å². The summed E-state index contributed by atoms with van der Waals surface area (Å²) in [5.41, 5.74) is 2.41. The molecule has 0 spiro atoms. The Morgan fingerprint density at radius 1 is 1.28 bits per heavy atom. The van der Waals surface area contributed by atoms with Crippen LogP contribution in [0.5, 0.6) is 11.5 Å². The lowest BCUT2D eigenvalue weighted by molar-refractivity contribution is -0.137. The van der Waals surface area contributed by atoms with Gasteiger partial charge in [0.05, 0.1) is 19.2 Å². The summed E-state index contributed by atoms with van der Waals surface area (Å²) in [5.74, 6) is -0.107. The lowest BCUT2D eigenvalue weighted by atomic mass is 10.1. The maximum absolute atomic E-state index is 14.3. The highest BCUT2D eigenvalue weighted by atomic mass is 32.2. The Labute approximate surface area is 189 Å². The Hall–Kier alpha value is -3.07. The van der Waals surface area contributed by atoms with Crippen molar-refractivity contribution in [2.24, 2.45) is 0 Å². The summed E-state index contributed by atoms with van der Waals surface area (Å²) in [7, 11) is 1.52. The van der Waals surface area contributed by atoms with Gasteiger partial charge in [0.2, 0.25) is 0 Å². The van der Waals surface area contributed by atoms with E-state index < -0.39 is 11.8 Å². The van der Waals surface area contributed by atoms with Gasteiger partial charge in [-0.25, -0.2) is 9.07 Å². The standard InChI is InChI=1S/C23H24FN3O4S/c1-14-20(25-26-27(14)21-11-16(30-2)6-9-19(21)24)13-31-17-5-3-4-15(10-17)22(12-23(28)29)32-18-7-8-18/h3-6,9-11,18,22H,7-8,12-13H2,1-2H3,(H,28,29). The first-order valence-electron chi connectivity index (χ1n) is 10.3. The molecule has 0 bridgehead atoms. The molecule has 1 heterocycles. The zero-order chi connectivity index (χ0) is 22.7. The average molecular weight is 458 g/mol. The van der Waals surface area contributed by atoms with Gasteiger partial charge in [0.25, 0.3) is 0 Å². The van der Waals surface area contributed by atoms with Crippen molar-refractivity contribution in [3.63, 3.8) is 0 Å². The number of methoxy groups -OCH3 is 1. The third-order valence-corrected chi connectivity index (χ3v) is 6.84. The first kappa shape index (κ1) is 22.1. The molecule has 3 aromatic rings. The van der Waals surface area contributed by atoms with Gasteiger partial charge >= 0.3 is 5.97 Å². The van der Waals surface area contributed by atoms with Gasteiger partial charge in [-0.2, -0.15) is 0 Å². The zero-order valence-electron chi connectivity index (χ0n) is 17.8. The molecule has 2 aromatic carbocycles. The van der Waals surface area contributed by atoms with Crippen LogP contribution in [0, 0.1) is 12.7 Å². The van der Waals surface area contributed by atoms with Gasteiger partial charge in [-0.05, 0) is 49.6 Å². The second-order valence-corrected chi connectivity index (χ2v) is 9.14. The number of hydrogen-bond acceptors (Lipinski definition) is 6. The van der Waals surface area contributed by atoms with Gasteiger partial charge in [-0.15, -0.1) is 16.9 Å². The number of nitrogens with zero attached hydrogens (tertiary/aromatic N) is 3. The van der Waals surface area contributed by atoms with Crippen LogP contribution < -0.4 is 9.47 Å². The second kappa shape index (κ2) is 9.60. The van der Waals surface area contributed by atoms with E-state index in [0.29, 0.717) is 28.1 Å². The number of hydrogen-bond donors (Lipinski definition) is 1. The van der Waals surface area contributed by atoms with Crippen LogP contribution in [0.4, 0.5) is 4.39 Å². The normalized spacial score (nSPS) is 14.2. The molecule has 1 aliphatic carbocycles. The molecule has 1 saturated carbocycles. The van der Waals surface area contributed by atoms with Crippen LogP contribution in [0.1, 0.15) is 41.5 Å². The Morgan fingerprint density at radius 2 is 2.09 bits per heavy atom. The minimum atomic E-state index is -0.813. The van der Waals surface area contributed by atoms with Gasteiger partial charge < -0.3 is 14.6 Å². The molecule has 4 rings (SSSR count). The summed E-state index contributed by atoms with van der Waals surface area (Å²) >= 11 is 1.72. The average Bonchev–Trinajstić information content (AvgIpc) is 3.53.